The lowest BCUT2D eigenvalue weighted by molar-refractivity contribution is 0.332. The van der Waals surface area contributed by atoms with E-state index in [0.29, 0.717) is 0 Å². The van der Waals surface area contributed by atoms with Gasteiger partial charge in [-0.05, 0) is 166 Å². The minimum atomic E-state index is -0.648. The Bertz CT molecular complexity index is 4070. The van der Waals surface area contributed by atoms with Crippen molar-refractivity contribution in [1.29, 1.82) is 0 Å². The van der Waals surface area contributed by atoms with Gasteiger partial charge in [0.1, 0.15) is 11.2 Å². The molecule has 74 heavy (non-hydrogen) atoms. The Morgan fingerprint density at radius 2 is 1.20 bits per heavy atom. The van der Waals surface area contributed by atoms with Gasteiger partial charge in [0, 0.05) is 61.4 Å². The highest BCUT2D eigenvalue weighted by Crippen LogP contribution is 2.73. The van der Waals surface area contributed by atoms with E-state index >= 15 is 0 Å². The topological polar surface area (TPSA) is 38.1 Å². The van der Waals surface area contributed by atoms with Gasteiger partial charge in [0.2, 0.25) is 0 Å². The van der Waals surface area contributed by atoms with Crippen LogP contribution >= 0.6 is 0 Å². The molecule has 0 N–H and O–H groups in total. The normalized spacial score (nSPS) is 26.0. The van der Waals surface area contributed by atoms with Crippen molar-refractivity contribution >= 4 is 68.0 Å². The Balaban J connectivity index is 1.14. The summed E-state index contributed by atoms with van der Waals surface area (Å²) in [5.74, 6) is 3.08. The molecule has 0 saturated heterocycles. The molecule has 0 radical (unpaired) electrons. The molecule has 364 valence electrons. The average molecular weight is 965 g/mol. The number of hydrogen-bond acceptors (Lipinski definition) is 5. The van der Waals surface area contributed by atoms with Crippen LogP contribution in [0.5, 0.6) is 23.0 Å². The zero-order valence-electron chi connectivity index (χ0n) is 44.5. The Morgan fingerprint density at radius 1 is 0.568 bits per heavy atom. The summed E-state index contributed by atoms with van der Waals surface area (Å²) in [5, 5.41) is 2.27. The maximum Gasteiger partial charge on any atom is 0.329 e. The molecule has 8 aliphatic rings. The maximum absolute atomic E-state index is 7.54. The summed E-state index contributed by atoms with van der Waals surface area (Å²) in [6, 6.07) is 47.8. The highest BCUT2D eigenvalue weighted by atomic mass is 16.6. The lowest BCUT2D eigenvalue weighted by atomic mass is 9.36. The number of fused-ring (bicyclic) bond motifs is 18. The molecule has 0 spiro atoms. The molecule has 16 rings (SSSR count). The second-order valence-electron chi connectivity index (χ2n) is 25.5. The molecule has 4 aliphatic carbocycles. The number of benzene rings is 7. The second kappa shape index (κ2) is 13.4. The van der Waals surface area contributed by atoms with Gasteiger partial charge in [0.15, 0.2) is 23.0 Å². The predicted molar refractivity (Wildman–Crippen MR) is 304 cm³/mol. The van der Waals surface area contributed by atoms with Crippen LogP contribution in [0, 0.1) is 12.8 Å². The van der Waals surface area contributed by atoms with Crippen LogP contribution in [0.2, 0.25) is 0 Å². The highest BCUT2D eigenvalue weighted by molar-refractivity contribution is 6.93. The Kier molecular flexibility index (Phi) is 7.81. The molecule has 5 nitrogen and oxygen atoms in total. The predicted octanol–water partition coefficient (Wildman–Crippen LogP) is 16.1. The molecule has 7 aromatic carbocycles. The molecule has 5 heterocycles. The highest BCUT2D eigenvalue weighted by Gasteiger charge is 2.69. The number of aryl methyl sites for hydroxylation is 1. The van der Waals surface area contributed by atoms with Crippen molar-refractivity contribution in [3.63, 3.8) is 0 Å². The van der Waals surface area contributed by atoms with E-state index in [9.17, 15) is 0 Å². The summed E-state index contributed by atoms with van der Waals surface area (Å²) in [7, 11) is 0. The third-order valence-electron chi connectivity index (χ3n) is 20.2. The van der Waals surface area contributed by atoms with Crippen molar-refractivity contribution in [3.8, 4) is 23.0 Å². The van der Waals surface area contributed by atoms with E-state index in [0.717, 1.165) is 63.5 Å². The fourth-order valence-electron chi connectivity index (χ4n) is 17.0. The van der Waals surface area contributed by atoms with E-state index in [1.807, 2.05) is 24.3 Å². The molecule has 4 unspecified atom stereocenters. The van der Waals surface area contributed by atoms with Crippen LogP contribution in [0.1, 0.15) is 121 Å². The average Bonchev–Trinajstić information content (AvgIpc) is 3.99. The van der Waals surface area contributed by atoms with Gasteiger partial charge >= 0.3 is 6.85 Å². The number of hydrogen-bond donors (Lipinski definition) is 0. The van der Waals surface area contributed by atoms with E-state index in [4.69, 9.17) is 13.9 Å². The summed E-state index contributed by atoms with van der Waals surface area (Å²) >= 11 is 0. The van der Waals surface area contributed by atoms with Crippen molar-refractivity contribution in [2.24, 2.45) is 5.92 Å². The number of nitrogens with zero attached hydrogens (tertiary/aromatic N) is 2. The van der Waals surface area contributed by atoms with Crippen molar-refractivity contribution in [3.05, 3.63) is 195 Å². The Morgan fingerprint density at radius 3 is 1.95 bits per heavy atom. The van der Waals surface area contributed by atoms with Crippen molar-refractivity contribution in [1.82, 2.24) is 0 Å². The van der Waals surface area contributed by atoms with Gasteiger partial charge < -0.3 is 23.6 Å². The van der Waals surface area contributed by atoms with Gasteiger partial charge in [-0.2, -0.15) is 0 Å². The first-order valence-electron chi connectivity index (χ1n) is 27.2. The zero-order valence-corrected chi connectivity index (χ0v) is 44.5. The van der Waals surface area contributed by atoms with Gasteiger partial charge in [0.25, 0.3) is 0 Å². The molecular formula is C68H61BN2O3. The van der Waals surface area contributed by atoms with E-state index < -0.39 is 16.4 Å². The van der Waals surface area contributed by atoms with Crippen LogP contribution in [0.3, 0.4) is 0 Å². The Labute approximate surface area is 435 Å². The summed E-state index contributed by atoms with van der Waals surface area (Å²) in [6.07, 6.45) is 7.37. The fourth-order valence-corrected chi connectivity index (χ4v) is 17.0. The molecule has 1 aromatic heterocycles. The summed E-state index contributed by atoms with van der Waals surface area (Å²) in [5.41, 5.74) is 22.7. The van der Waals surface area contributed by atoms with Crippen molar-refractivity contribution < 1.29 is 13.9 Å². The largest absolute Gasteiger partial charge is 0.455 e. The van der Waals surface area contributed by atoms with E-state index in [1.54, 1.807) is 0 Å². The van der Waals surface area contributed by atoms with Gasteiger partial charge in [-0.3, -0.25) is 0 Å². The third-order valence-corrected chi connectivity index (χ3v) is 20.2. The monoisotopic (exact) mass is 964 g/mol. The molecule has 8 aromatic rings. The summed E-state index contributed by atoms with van der Waals surface area (Å²) in [6.45, 7) is 27.0. The van der Waals surface area contributed by atoms with Crippen LogP contribution < -0.4 is 30.1 Å². The first-order chi connectivity index (χ1) is 35.4. The molecule has 4 aliphatic heterocycles. The summed E-state index contributed by atoms with van der Waals surface area (Å²) in [4.78, 5) is 5.52. The third kappa shape index (κ3) is 4.83. The van der Waals surface area contributed by atoms with Crippen LogP contribution in [0.4, 0.5) is 22.7 Å². The van der Waals surface area contributed by atoms with Gasteiger partial charge in [-0.1, -0.05) is 139 Å². The van der Waals surface area contributed by atoms with Crippen LogP contribution in [-0.2, 0) is 27.1 Å². The molecule has 0 saturated carbocycles. The number of furan rings is 1. The maximum atomic E-state index is 7.54. The van der Waals surface area contributed by atoms with Gasteiger partial charge in [0.05, 0.1) is 5.54 Å². The zero-order chi connectivity index (χ0) is 50.5. The molecule has 6 heteroatoms. The Hall–Kier alpha value is -7.18. The number of para-hydroxylation sites is 4. The fraction of sp³-hybridized carbons (Fsp3) is 0.294. The van der Waals surface area contributed by atoms with E-state index in [-0.39, 0.29) is 29.0 Å². The van der Waals surface area contributed by atoms with Crippen molar-refractivity contribution in [2.45, 2.75) is 122 Å². The van der Waals surface area contributed by atoms with E-state index in [2.05, 4.69) is 201 Å². The molecule has 0 fully saturated rings. The molecule has 0 bridgehead atoms. The molecule has 4 atom stereocenters. The van der Waals surface area contributed by atoms with Crippen LogP contribution in [0.25, 0.3) is 27.5 Å². The van der Waals surface area contributed by atoms with Crippen LogP contribution in [-0.4, -0.2) is 12.4 Å². The quantitative estimate of drug-likeness (QED) is 0.121. The second-order valence-corrected chi connectivity index (χ2v) is 25.5. The van der Waals surface area contributed by atoms with Crippen molar-refractivity contribution in [2.75, 3.05) is 9.71 Å². The number of allylic oxidation sites excluding steroid dienone is 4. The number of ether oxygens (including phenoxy) is 2. The SMILES string of the molecule is Cc1cc2c(cc1N1c3cc4c(cc3B3c5c1cc1c(oc6ccccc61)c5C1=C5C(C)(C)c6ccccc6C5(C)C5=C6C(C)(C=CC5C)c5ccccc5N3C16C)Oc1ccccc1O4)C(C)(C)CCC2(C)C. The lowest BCUT2D eigenvalue weighted by Crippen LogP contribution is -2.75. The lowest BCUT2D eigenvalue weighted by Gasteiger charge is -2.67. The summed E-state index contributed by atoms with van der Waals surface area (Å²) < 4.78 is 21.5. The van der Waals surface area contributed by atoms with Gasteiger partial charge in [-0.25, -0.2) is 0 Å². The smallest absolute Gasteiger partial charge is 0.329 e. The first kappa shape index (κ1) is 43.2. The number of rotatable bonds is 1. The molecule has 0 amide bonds. The first-order valence-corrected chi connectivity index (χ1v) is 27.2. The van der Waals surface area contributed by atoms with E-state index in [1.165, 1.54) is 89.2 Å². The minimum Gasteiger partial charge on any atom is -0.455 e. The van der Waals surface area contributed by atoms with Crippen LogP contribution in [0.15, 0.2) is 161 Å². The standard InChI is InChI=1S/C68H61BN2O3/c1-37-28-29-66(9)43-23-15-16-24-47(43)71-68(11)58(61-65(7,8)41-21-13-14-22-42(41)67(61,10)57(37)62(66)68)56-59-50(33-40-39-20-12-17-25-51(39)74-60(40)56)70(48-34-45-44(32-38(48)2)63(3,4)30-31-64(45,5)6)49-36-55-54(35-46(49)69(59)71)72-52-26-18-19-27-53(52)73-55/h12-29,32-37H,30-31H2,1-11H3. The van der Waals surface area contributed by atoms with Gasteiger partial charge in [-0.15, -0.1) is 0 Å². The minimum absolute atomic E-state index is 0.0137. The molecular weight excluding hydrogens is 904 g/mol. The number of anilines is 4.